The fourth-order valence-electron chi connectivity index (χ4n) is 2.39. The molecule has 1 heteroatoms. The summed E-state index contributed by atoms with van der Waals surface area (Å²) in [4.78, 5) is 0. The van der Waals surface area contributed by atoms with Crippen molar-refractivity contribution in [2.24, 2.45) is 0 Å². The molecule has 0 aliphatic heterocycles. The molecule has 0 spiro atoms. The summed E-state index contributed by atoms with van der Waals surface area (Å²) in [5, 5.41) is 1.39. The third-order valence-electron chi connectivity index (χ3n) is 3.60. The maximum Gasteiger partial charge on any atom is 0.0483 e. The SMILES string of the molecule is CCCCn1ccc2ccc(C3CC3)cc21. The first-order valence-electron chi connectivity index (χ1n) is 6.47. The van der Waals surface area contributed by atoms with Crippen LogP contribution in [-0.4, -0.2) is 4.57 Å². The van der Waals surface area contributed by atoms with E-state index < -0.39 is 0 Å². The second kappa shape index (κ2) is 3.97. The lowest BCUT2D eigenvalue weighted by atomic mass is 10.1. The zero-order valence-electron chi connectivity index (χ0n) is 9.95. The van der Waals surface area contributed by atoms with Gasteiger partial charge in [0.1, 0.15) is 0 Å². The van der Waals surface area contributed by atoms with Crippen molar-refractivity contribution in [1.29, 1.82) is 0 Å². The van der Waals surface area contributed by atoms with Crippen molar-refractivity contribution in [3.05, 3.63) is 36.0 Å². The third-order valence-corrected chi connectivity index (χ3v) is 3.60. The summed E-state index contributed by atoms with van der Waals surface area (Å²) in [5.74, 6) is 0.860. The van der Waals surface area contributed by atoms with Crippen LogP contribution in [0.1, 0.15) is 44.1 Å². The number of hydrogen-bond donors (Lipinski definition) is 0. The Morgan fingerprint density at radius 2 is 2.12 bits per heavy atom. The average molecular weight is 213 g/mol. The molecule has 1 saturated carbocycles. The van der Waals surface area contributed by atoms with Crippen molar-refractivity contribution in [3.8, 4) is 0 Å². The smallest absolute Gasteiger partial charge is 0.0483 e. The molecule has 1 nitrogen and oxygen atoms in total. The molecule has 0 bridgehead atoms. The number of aryl methyl sites for hydroxylation is 1. The van der Waals surface area contributed by atoms with E-state index in [4.69, 9.17) is 0 Å². The lowest BCUT2D eigenvalue weighted by Crippen LogP contribution is -1.95. The summed E-state index contributed by atoms with van der Waals surface area (Å²) in [6.45, 7) is 3.41. The van der Waals surface area contributed by atoms with Crippen LogP contribution in [-0.2, 0) is 6.54 Å². The maximum atomic E-state index is 2.41. The van der Waals surface area contributed by atoms with Crippen molar-refractivity contribution >= 4 is 10.9 Å². The molecule has 0 N–H and O–H groups in total. The molecule has 84 valence electrons. The summed E-state index contributed by atoms with van der Waals surface area (Å²) in [5.41, 5.74) is 2.97. The monoisotopic (exact) mass is 213 g/mol. The summed E-state index contributed by atoms with van der Waals surface area (Å²) in [6.07, 6.45) is 7.55. The van der Waals surface area contributed by atoms with Gasteiger partial charge in [0, 0.05) is 18.3 Å². The van der Waals surface area contributed by atoms with E-state index in [-0.39, 0.29) is 0 Å². The molecule has 3 rings (SSSR count). The Morgan fingerprint density at radius 1 is 1.25 bits per heavy atom. The average Bonchev–Trinajstić information content (AvgIpc) is 3.08. The van der Waals surface area contributed by atoms with E-state index in [1.54, 1.807) is 5.56 Å². The van der Waals surface area contributed by atoms with Gasteiger partial charge in [0.15, 0.2) is 0 Å². The number of unbranched alkanes of at least 4 members (excludes halogenated alkanes) is 1. The molecule has 1 heterocycles. The molecule has 0 saturated heterocycles. The predicted octanol–water partition coefficient (Wildman–Crippen LogP) is 4.32. The van der Waals surface area contributed by atoms with Crippen LogP contribution in [0, 0.1) is 0 Å². The van der Waals surface area contributed by atoms with Gasteiger partial charge in [0.2, 0.25) is 0 Å². The quantitative estimate of drug-likeness (QED) is 0.713. The first-order valence-corrected chi connectivity index (χ1v) is 6.47. The van der Waals surface area contributed by atoms with Gasteiger partial charge in [-0.05, 0) is 48.3 Å². The van der Waals surface area contributed by atoms with E-state index in [1.807, 2.05) is 0 Å². The Bertz CT molecular complexity index is 491. The van der Waals surface area contributed by atoms with E-state index in [1.165, 1.54) is 36.6 Å². The summed E-state index contributed by atoms with van der Waals surface area (Å²) in [6, 6.07) is 9.24. The fraction of sp³-hybridized carbons (Fsp3) is 0.467. The minimum Gasteiger partial charge on any atom is -0.347 e. The normalized spacial score (nSPS) is 15.8. The largest absolute Gasteiger partial charge is 0.347 e. The Kier molecular flexibility index (Phi) is 2.47. The number of benzene rings is 1. The molecule has 0 unspecified atom stereocenters. The van der Waals surface area contributed by atoms with Crippen LogP contribution in [0.15, 0.2) is 30.5 Å². The first kappa shape index (κ1) is 9.95. The lowest BCUT2D eigenvalue weighted by molar-refractivity contribution is 0.650. The molecule has 0 radical (unpaired) electrons. The summed E-state index contributed by atoms with van der Waals surface area (Å²) >= 11 is 0. The van der Waals surface area contributed by atoms with Crippen molar-refractivity contribution in [3.63, 3.8) is 0 Å². The Hall–Kier alpha value is -1.24. The molecule has 2 aromatic rings. The number of aromatic nitrogens is 1. The van der Waals surface area contributed by atoms with E-state index >= 15 is 0 Å². The molecule has 1 aliphatic carbocycles. The van der Waals surface area contributed by atoms with Gasteiger partial charge in [-0.3, -0.25) is 0 Å². The van der Waals surface area contributed by atoms with Gasteiger partial charge in [-0.25, -0.2) is 0 Å². The van der Waals surface area contributed by atoms with Gasteiger partial charge in [0.25, 0.3) is 0 Å². The second-order valence-electron chi connectivity index (χ2n) is 4.96. The fourth-order valence-corrected chi connectivity index (χ4v) is 2.39. The van der Waals surface area contributed by atoms with Crippen LogP contribution in [0.25, 0.3) is 10.9 Å². The third kappa shape index (κ3) is 1.75. The van der Waals surface area contributed by atoms with Crippen LogP contribution < -0.4 is 0 Å². The Balaban J connectivity index is 1.98. The molecular formula is C15H19N. The van der Waals surface area contributed by atoms with Gasteiger partial charge in [-0.1, -0.05) is 25.5 Å². The molecule has 1 aromatic carbocycles. The van der Waals surface area contributed by atoms with Gasteiger partial charge >= 0.3 is 0 Å². The number of hydrogen-bond acceptors (Lipinski definition) is 0. The molecule has 1 aromatic heterocycles. The zero-order valence-corrected chi connectivity index (χ0v) is 9.95. The minimum atomic E-state index is 0.860. The van der Waals surface area contributed by atoms with Crippen LogP contribution in [0.4, 0.5) is 0 Å². The van der Waals surface area contributed by atoms with E-state index in [9.17, 15) is 0 Å². The van der Waals surface area contributed by atoms with Gasteiger partial charge < -0.3 is 4.57 Å². The topological polar surface area (TPSA) is 4.93 Å². The molecule has 1 fully saturated rings. The van der Waals surface area contributed by atoms with E-state index in [0.29, 0.717) is 0 Å². The zero-order chi connectivity index (χ0) is 11.0. The van der Waals surface area contributed by atoms with Crippen molar-refractivity contribution in [2.75, 3.05) is 0 Å². The standard InChI is InChI=1S/C15H19N/c1-2-3-9-16-10-8-13-6-7-14(11-15(13)16)12-4-5-12/h6-8,10-12H,2-5,9H2,1H3. The predicted molar refractivity (Wildman–Crippen MR) is 68.8 cm³/mol. The maximum absolute atomic E-state index is 2.41. The molecule has 0 amide bonds. The van der Waals surface area contributed by atoms with Crippen LogP contribution in [0.5, 0.6) is 0 Å². The highest BCUT2D eigenvalue weighted by molar-refractivity contribution is 5.81. The highest BCUT2D eigenvalue weighted by Gasteiger charge is 2.23. The summed E-state index contributed by atoms with van der Waals surface area (Å²) < 4.78 is 2.41. The lowest BCUT2D eigenvalue weighted by Gasteiger charge is -2.05. The van der Waals surface area contributed by atoms with Crippen molar-refractivity contribution in [1.82, 2.24) is 4.57 Å². The molecule has 1 aliphatic rings. The highest BCUT2D eigenvalue weighted by atomic mass is 14.9. The van der Waals surface area contributed by atoms with E-state index in [2.05, 4.69) is 42.0 Å². The van der Waals surface area contributed by atoms with Crippen LogP contribution in [0.3, 0.4) is 0 Å². The van der Waals surface area contributed by atoms with Crippen molar-refractivity contribution in [2.45, 2.75) is 45.1 Å². The number of rotatable bonds is 4. The second-order valence-corrected chi connectivity index (χ2v) is 4.96. The Morgan fingerprint density at radius 3 is 2.88 bits per heavy atom. The summed E-state index contributed by atoms with van der Waals surface area (Å²) in [7, 11) is 0. The molecule has 16 heavy (non-hydrogen) atoms. The van der Waals surface area contributed by atoms with Crippen LogP contribution >= 0.6 is 0 Å². The molecular weight excluding hydrogens is 194 g/mol. The van der Waals surface area contributed by atoms with E-state index in [0.717, 1.165) is 12.5 Å². The minimum absolute atomic E-state index is 0.860. The van der Waals surface area contributed by atoms with Gasteiger partial charge in [-0.15, -0.1) is 0 Å². The van der Waals surface area contributed by atoms with Crippen molar-refractivity contribution < 1.29 is 0 Å². The van der Waals surface area contributed by atoms with Crippen LogP contribution in [0.2, 0.25) is 0 Å². The number of nitrogens with zero attached hydrogens (tertiary/aromatic N) is 1. The highest BCUT2D eigenvalue weighted by Crippen LogP contribution is 2.40. The van der Waals surface area contributed by atoms with Gasteiger partial charge in [0.05, 0.1) is 0 Å². The number of fused-ring (bicyclic) bond motifs is 1. The van der Waals surface area contributed by atoms with Gasteiger partial charge in [-0.2, -0.15) is 0 Å². The molecule has 0 atom stereocenters. The Labute approximate surface area is 97.1 Å². The first-order chi connectivity index (χ1) is 7.88.